The van der Waals surface area contributed by atoms with Crippen LogP contribution in [-0.2, 0) is 10.0 Å². The van der Waals surface area contributed by atoms with E-state index in [4.69, 9.17) is 9.26 Å². The molecule has 1 fully saturated rings. The zero-order chi connectivity index (χ0) is 22.7. The zero-order valence-corrected chi connectivity index (χ0v) is 19.4. The molecule has 0 spiro atoms. The highest BCUT2D eigenvalue weighted by Crippen LogP contribution is 2.33. The van der Waals surface area contributed by atoms with Crippen LogP contribution < -0.4 is 9.64 Å². The maximum absolute atomic E-state index is 13.4. The molecule has 8 nitrogen and oxygen atoms in total. The maximum atomic E-state index is 13.4. The Bertz CT molecular complexity index is 1150. The van der Waals surface area contributed by atoms with Gasteiger partial charge in [0.05, 0.1) is 17.1 Å². The molecule has 0 amide bonds. The lowest BCUT2D eigenvalue weighted by Gasteiger charge is -2.35. The molecule has 1 aromatic heterocycles. The average molecular weight is 457 g/mol. The molecular weight excluding hydrogens is 428 g/mol. The van der Waals surface area contributed by atoms with E-state index in [1.807, 2.05) is 51.1 Å². The predicted molar refractivity (Wildman–Crippen MR) is 122 cm³/mol. The van der Waals surface area contributed by atoms with Gasteiger partial charge in [0.2, 0.25) is 10.0 Å². The van der Waals surface area contributed by atoms with E-state index in [2.05, 4.69) is 15.0 Å². The van der Waals surface area contributed by atoms with Crippen LogP contribution in [0, 0.1) is 0 Å². The van der Waals surface area contributed by atoms with Crippen molar-refractivity contribution >= 4 is 15.7 Å². The second kappa shape index (κ2) is 9.30. The minimum absolute atomic E-state index is 0.0934. The van der Waals surface area contributed by atoms with Gasteiger partial charge in [0.1, 0.15) is 5.75 Å². The fourth-order valence-corrected chi connectivity index (χ4v) is 5.12. The van der Waals surface area contributed by atoms with E-state index in [1.54, 1.807) is 18.2 Å². The lowest BCUT2D eigenvalue weighted by molar-refractivity contribution is 0.338. The lowest BCUT2D eigenvalue weighted by Crippen LogP contribution is -2.48. The van der Waals surface area contributed by atoms with Crippen LogP contribution >= 0.6 is 0 Å². The van der Waals surface area contributed by atoms with Gasteiger partial charge in [-0.25, -0.2) is 8.42 Å². The maximum Gasteiger partial charge on any atom is 0.261 e. The van der Waals surface area contributed by atoms with E-state index in [1.165, 1.54) is 4.31 Å². The molecule has 1 aliphatic heterocycles. The quantitative estimate of drug-likeness (QED) is 0.535. The van der Waals surface area contributed by atoms with E-state index in [-0.39, 0.29) is 16.7 Å². The van der Waals surface area contributed by atoms with Gasteiger partial charge in [0.25, 0.3) is 5.89 Å². The van der Waals surface area contributed by atoms with Gasteiger partial charge in [0.15, 0.2) is 5.82 Å². The van der Waals surface area contributed by atoms with E-state index < -0.39 is 10.0 Å². The van der Waals surface area contributed by atoms with Crippen LogP contribution in [0.5, 0.6) is 5.75 Å². The normalized spacial score (nSPS) is 15.3. The molecule has 170 valence electrons. The van der Waals surface area contributed by atoms with Crippen molar-refractivity contribution < 1.29 is 17.7 Å². The largest absolute Gasteiger partial charge is 0.493 e. The molecule has 0 radical (unpaired) electrons. The number of hydrogen-bond acceptors (Lipinski definition) is 7. The minimum Gasteiger partial charge on any atom is -0.493 e. The van der Waals surface area contributed by atoms with Crippen molar-refractivity contribution in [3.63, 3.8) is 0 Å². The Hall–Kier alpha value is -2.91. The second-order valence-corrected chi connectivity index (χ2v) is 9.87. The summed E-state index contributed by atoms with van der Waals surface area (Å²) in [5.41, 5.74) is 1.58. The first-order chi connectivity index (χ1) is 15.4. The van der Waals surface area contributed by atoms with Crippen molar-refractivity contribution in [3.8, 4) is 17.2 Å². The van der Waals surface area contributed by atoms with E-state index in [9.17, 15) is 8.42 Å². The summed E-state index contributed by atoms with van der Waals surface area (Å²) in [4.78, 5) is 6.81. The van der Waals surface area contributed by atoms with Gasteiger partial charge in [-0.1, -0.05) is 37.2 Å². The summed E-state index contributed by atoms with van der Waals surface area (Å²) in [6.45, 7) is 8.33. The summed E-state index contributed by atoms with van der Waals surface area (Å²) in [7, 11) is -3.68. The van der Waals surface area contributed by atoms with Crippen molar-refractivity contribution in [1.29, 1.82) is 0 Å². The number of aromatic nitrogens is 2. The molecule has 1 aliphatic rings. The third-order valence-electron chi connectivity index (χ3n) is 5.44. The summed E-state index contributed by atoms with van der Waals surface area (Å²) in [6.07, 6.45) is 0. The monoisotopic (exact) mass is 456 g/mol. The highest BCUT2D eigenvalue weighted by Gasteiger charge is 2.30. The lowest BCUT2D eigenvalue weighted by atomic mass is 10.2. The van der Waals surface area contributed by atoms with E-state index in [0.29, 0.717) is 49.9 Å². The molecule has 0 atom stereocenters. The van der Waals surface area contributed by atoms with Crippen molar-refractivity contribution in [2.75, 3.05) is 37.7 Å². The number of rotatable bonds is 7. The molecular formula is C23H28N4O4S. The SMILES string of the molecule is CCOc1ccc(S(=O)(=O)N2CCN(c3ccccc3)CC2)cc1-c1nc(C(C)C)no1. The third kappa shape index (κ3) is 4.49. The molecule has 0 saturated carbocycles. The molecule has 0 aliphatic carbocycles. The Morgan fingerprint density at radius 3 is 2.41 bits per heavy atom. The van der Waals surface area contributed by atoms with Crippen LogP contribution in [0.25, 0.3) is 11.5 Å². The molecule has 0 bridgehead atoms. The van der Waals surface area contributed by atoms with Crippen LogP contribution in [0.15, 0.2) is 57.9 Å². The predicted octanol–water partition coefficient (Wildman–Crippen LogP) is 3.77. The standard InChI is InChI=1S/C23H28N4O4S/c1-4-30-21-11-10-19(16-20(21)23-24-22(17(2)3)25-31-23)32(28,29)27-14-12-26(13-15-27)18-8-6-5-7-9-18/h5-11,16-17H,4,12-15H2,1-3H3. The molecule has 0 N–H and O–H groups in total. The number of para-hydroxylation sites is 1. The van der Waals surface area contributed by atoms with Crippen LogP contribution in [0.4, 0.5) is 5.69 Å². The van der Waals surface area contributed by atoms with Gasteiger partial charge < -0.3 is 14.2 Å². The first-order valence-corrected chi connectivity index (χ1v) is 12.2. The Kier molecular flexibility index (Phi) is 6.48. The zero-order valence-electron chi connectivity index (χ0n) is 18.6. The molecule has 1 saturated heterocycles. The third-order valence-corrected chi connectivity index (χ3v) is 7.33. The number of nitrogens with zero attached hydrogens (tertiary/aromatic N) is 4. The molecule has 3 aromatic rings. The second-order valence-electron chi connectivity index (χ2n) is 7.93. The number of ether oxygens (including phenoxy) is 1. The van der Waals surface area contributed by atoms with Crippen LogP contribution in [-0.4, -0.2) is 55.6 Å². The van der Waals surface area contributed by atoms with Gasteiger partial charge in [-0.05, 0) is 37.3 Å². The van der Waals surface area contributed by atoms with Gasteiger partial charge in [-0.2, -0.15) is 9.29 Å². The highest BCUT2D eigenvalue weighted by atomic mass is 32.2. The Morgan fingerprint density at radius 2 is 1.78 bits per heavy atom. The summed E-state index contributed by atoms with van der Waals surface area (Å²) in [5, 5.41) is 4.01. The van der Waals surface area contributed by atoms with Gasteiger partial charge in [0, 0.05) is 37.8 Å². The Balaban J connectivity index is 1.59. The van der Waals surface area contributed by atoms with Crippen molar-refractivity contribution in [2.24, 2.45) is 0 Å². The molecule has 4 rings (SSSR count). The Labute approximate surface area is 188 Å². The summed E-state index contributed by atoms with van der Waals surface area (Å²) in [5.74, 6) is 1.42. The minimum atomic E-state index is -3.68. The van der Waals surface area contributed by atoms with E-state index >= 15 is 0 Å². The van der Waals surface area contributed by atoms with E-state index in [0.717, 1.165) is 5.69 Å². The smallest absolute Gasteiger partial charge is 0.261 e. The molecule has 9 heteroatoms. The average Bonchev–Trinajstić information content (AvgIpc) is 3.31. The first-order valence-electron chi connectivity index (χ1n) is 10.8. The van der Waals surface area contributed by atoms with Gasteiger partial charge in [-0.3, -0.25) is 0 Å². The van der Waals surface area contributed by atoms with Crippen LogP contribution in [0.2, 0.25) is 0 Å². The topological polar surface area (TPSA) is 88.8 Å². The summed E-state index contributed by atoms with van der Waals surface area (Å²) in [6, 6.07) is 14.8. The fourth-order valence-electron chi connectivity index (χ4n) is 3.67. The van der Waals surface area contributed by atoms with Crippen molar-refractivity contribution in [1.82, 2.24) is 14.4 Å². The van der Waals surface area contributed by atoms with Gasteiger partial charge in [-0.15, -0.1) is 0 Å². The number of benzene rings is 2. The highest BCUT2D eigenvalue weighted by molar-refractivity contribution is 7.89. The van der Waals surface area contributed by atoms with Crippen molar-refractivity contribution in [3.05, 3.63) is 54.4 Å². The molecule has 2 heterocycles. The number of sulfonamides is 1. The number of piperazine rings is 1. The number of anilines is 1. The van der Waals surface area contributed by atoms with Gasteiger partial charge >= 0.3 is 0 Å². The molecule has 32 heavy (non-hydrogen) atoms. The molecule has 2 aromatic carbocycles. The first kappa shape index (κ1) is 22.3. The van der Waals surface area contributed by atoms with Crippen molar-refractivity contribution in [2.45, 2.75) is 31.6 Å². The van der Waals surface area contributed by atoms with Crippen LogP contribution in [0.3, 0.4) is 0 Å². The van der Waals surface area contributed by atoms with Crippen LogP contribution in [0.1, 0.15) is 32.5 Å². The number of hydrogen-bond donors (Lipinski definition) is 0. The summed E-state index contributed by atoms with van der Waals surface area (Å²) < 4.78 is 39.4. The molecule has 0 unspecified atom stereocenters. The summed E-state index contributed by atoms with van der Waals surface area (Å²) >= 11 is 0. The fraction of sp³-hybridized carbons (Fsp3) is 0.391. The Morgan fingerprint density at radius 1 is 1.06 bits per heavy atom.